The van der Waals surface area contributed by atoms with Crippen molar-refractivity contribution in [3.63, 3.8) is 0 Å². The molecule has 1 saturated heterocycles. The summed E-state index contributed by atoms with van der Waals surface area (Å²) in [5, 5.41) is 11.2. The Balaban J connectivity index is 1.29. The Kier molecular flexibility index (Phi) is 5.84. The maximum Gasteiger partial charge on any atom is 0.321 e. The van der Waals surface area contributed by atoms with E-state index in [2.05, 4.69) is 32.2 Å². The van der Waals surface area contributed by atoms with Crippen LogP contribution < -0.4 is 5.32 Å². The first-order chi connectivity index (χ1) is 14.2. The van der Waals surface area contributed by atoms with Crippen LogP contribution in [0.1, 0.15) is 24.2 Å². The number of piperidine rings is 1. The fraction of sp³-hybridized carbons (Fsp3) is 0.318. The molecule has 3 aromatic rings. The topological polar surface area (TPSA) is 63.1 Å². The molecule has 1 aromatic heterocycles. The van der Waals surface area contributed by atoms with Crippen LogP contribution >= 0.6 is 0 Å². The van der Waals surface area contributed by atoms with Gasteiger partial charge in [-0.05, 0) is 42.5 Å². The van der Waals surface area contributed by atoms with Crippen molar-refractivity contribution in [2.45, 2.75) is 25.8 Å². The average Bonchev–Trinajstić information content (AvgIpc) is 3.16. The van der Waals surface area contributed by atoms with Gasteiger partial charge in [-0.1, -0.05) is 36.4 Å². The van der Waals surface area contributed by atoms with Crippen molar-refractivity contribution >= 4 is 11.7 Å². The van der Waals surface area contributed by atoms with Crippen LogP contribution in [-0.2, 0) is 13.0 Å². The van der Waals surface area contributed by atoms with Crippen molar-refractivity contribution in [1.29, 1.82) is 0 Å². The summed E-state index contributed by atoms with van der Waals surface area (Å²) in [4.78, 5) is 14.2. The van der Waals surface area contributed by atoms with Gasteiger partial charge in [-0.3, -0.25) is 0 Å². The highest BCUT2D eigenvalue weighted by Gasteiger charge is 2.24. The molecule has 6 nitrogen and oxygen atoms in total. The van der Waals surface area contributed by atoms with Gasteiger partial charge in [0.05, 0.1) is 6.54 Å². The van der Waals surface area contributed by atoms with E-state index in [0.29, 0.717) is 24.7 Å². The Morgan fingerprint density at radius 1 is 1.10 bits per heavy atom. The van der Waals surface area contributed by atoms with Gasteiger partial charge in [-0.15, -0.1) is 10.2 Å². The lowest BCUT2D eigenvalue weighted by Gasteiger charge is -2.32. The first-order valence-electron chi connectivity index (χ1n) is 9.89. The van der Waals surface area contributed by atoms with Gasteiger partial charge in [-0.2, -0.15) is 0 Å². The van der Waals surface area contributed by atoms with E-state index in [1.807, 2.05) is 18.2 Å². The molecule has 4 rings (SSSR count). The van der Waals surface area contributed by atoms with Gasteiger partial charge in [0.15, 0.2) is 0 Å². The number of hydrogen-bond acceptors (Lipinski definition) is 3. The predicted molar refractivity (Wildman–Crippen MR) is 109 cm³/mol. The predicted octanol–water partition coefficient (Wildman–Crippen LogP) is 3.95. The lowest BCUT2D eigenvalue weighted by Crippen LogP contribution is -2.41. The fourth-order valence-electron chi connectivity index (χ4n) is 3.72. The van der Waals surface area contributed by atoms with Gasteiger partial charge in [0.25, 0.3) is 0 Å². The molecule has 1 aliphatic heterocycles. The van der Waals surface area contributed by atoms with Crippen LogP contribution in [0.5, 0.6) is 0 Å². The molecule has 150 valence electrons. The minimum absolute atomic E-state index is 0.179. The van der Waals surface area contributed by atoms with Crippen molar-refractivity contribution in [2.24, 2.45) is 5.92 Å². The Morgan fingerprint density at radius 2 is 1.90 bits per heavy atom. The highest BCUT2D eigenvalue weighted by atomic mass is 19.1. The first-order valence-corrected chi connectivity index (χ1v) is 9.89. The number of carbonyl (C=O) groups excluding carboxylic acids is 1. The van der Waals surface area contributed by atoms with Gasteiger partial charge >= 0.3 is 6.03 Å². The van der Waals surface area contributed by atoms with Crippen molar-refractivity contribution in [3.8, 4) is 0 Å². The van der Waals surface area contributed by atoms with E-state index < -0.39 is 0 Å². The number of rotatable bonds is 5. The molecule has 1 N–H and O–H groups in total. The van der Waals surface area contributed by atoms with Crippen molar-refractivity contribution in [2.75, 3.05) is 18.4 Å². The van der Waals surface area contributed by atoms with Gasteiger partial charge in [-0.25, -0.2) is 9.18 Å². The van der Waals surface area contributed by atoms with E-state index in [4.69, 9.17) is 0 Å². The second kappa shape index (κ2) is 8.86. The molecule has 0 radical (unpaired) electrons. The van der Waals surface area contributed by atoms with Crippen LogP contribution in [0.25, 0.3) is 0 Å². The zero-order valence-corrected chi connectivity index (χ0v) is 16.2. The summed E-state index contributed by atoms with van der Waals surface area (Å²) < 4.78 is 15.4. The lowest BCUT2D eigenvalue weighted by atomic mass is 9.93. The van der Waals surface area contributed by atoms with Gasteiger partial charge in [0, 0.05) is 25.2 Å². The number of nitrogens with zero attached hydrogens (tertiary/aromatic N) is 4. The second-order valence-corrected chi connectivity index (χ2v) is 7.44. The summed E-state index contributed by atoms with van der Waals surface area (Å²) in [5.74, 6) is 1.09. The van der Waals surface area contributed by atoms with Crippen LogP contribution in [0.4, 0.5) is 14.9 Å². The SMILES string of the molecule is O=C(Nc1cccc(F)c1)N1CCC(Cc2nncn2Cc2ccccc2)CC1. The first kappa shape index (κ1) is 19.1. The Morgan fingerprint density at radius 3 is 2.66 bits per heavy atom. The Labute approximate surface area is 169 Å². The van der Waals surface area contributed by atoms with E-state index in [1.165, 1.54) is 17.7 Å². The average molecular weight is 393 g/mol. The maximum atomic E-state index is 13.3. The lowest BCUT2D eigenvalue weighted by molar-refractivity contribution is 0.181. The number of anilines is 1. The molecule has 2 heterocycles. The summed E-state index contributed by atoms with van der Waals surface area (Å²) in [6, 6.07) is 16.0. The number of carbonyl (C=O) groups is 1. The molecule has 0 unspecified atom stereocenters. The summed E-state index contributed by atoms with van der Waals surface area (Å²) in [6.45, 7) is 2.12. The maximum absolute atomic E-state index is 13.3. The number of aromatic nitrogens is 3. The normalized spacial score (nSPS) is 14.7. The smallest absolute Gasteiger partial charge is 0.321 e. The van der Waals surface area contributed by atoms with Crippen LogP contribution in [0.2, 0.25) is 0 Å². The van der Waals surface area contributed by atoms with E-state index >= 15 is 0 Å². The van der Waals surface area contributed by atoms with Crippen LogP contribution in [-0.4, -0.2) is 38.8 Å². The van der Waals surface area contributed by atoms with Crippen LogP contribution in [0.15, 0.2) is 60.9 Å². The third-order valence-corrected chi connectivity index (χ3v) is 5.34. The van der Waals surface area contributed by atoms with E-state index in [-0.39, 0.29) is 11.8 Å². The number of halogens is 1. The zero-order chi connectivity index (χ0) is 20.1. The molecule has 7 heteroatoms. The molecule has 1 aliphatic rings. The summed E-state index contributed by atoms with van der Waals surface area (Å²) in [5.41, 5.74) is 1.70. The van der Waals surface area contributed by atoms with Crippen molar-refractivity contribution < 1.29 is 9.18 Å². The Hall–Kier alpha value is -3.22. The molecule has 2 amide bonds. The Bertz CT molecular complexity index is 951. The highest BCUT2D eigenvalue weighted by molar-refractivity contribution is 5.89. The summed E-state index contributed by atoms with van der Waals surface area (Å²) >= 11 is 0. The summed E-state index contributed by atoms with van der Waals surface area (Å²) in [6.07, 6.45) is 4.46. The van der Waals surface area contributed by atoms with Gasteiger partial charge < -0.3 is 14.8 Å². The molecule has 1 fully saturated rings. The molecule has 0 bridgehead atoms. The fourth-order valence-corrected chi connectivity index (χ4v) is 3.72. The molecular formula is C22H24FN5O. The minimum Gasteiger partial charge on any atom is -0.325 e. The second-order valence-electron chi connectivity index (χ2n) is 7.44. The summed E-state index contributed by atoms with van der Waals surface area (Å²) in [7, 11) is 0. The molecule has 2 aromatic carbocycles. The van der Waals surface area contributed by atoms with Crippen LogP contribution in [0.3, 0.4) is 0 Å². The monoisotopic (exact) mass is 393 g/mol. The number of likely N-dealkylation sites (tertiary alicyclic amines) is 1. The van der Waals surface area contributed by atoms with Crippen molar-refractivity contribution in [3.05, 3.63) is 78.1 Å². The number of amides is 2. The van der Waals surface area contributed by atoms with Gasteiger partial charge in [0.2, 0.25) is 0 Å². The highest BCUT2D eigenvalue weighted by Crippen LogP contribution is 2.22. The molecule has 0 saturated carbocycles. The van der Waals surface area contributed by atoms with Gasteiger partial charge in [0.1, 0.15) is 18.0 Å². The van der Waals surface area contributed by atoms with Crippen LogP contribution in [0, 0.1) is 11.7 Å². The largest absolute Gasteiger partial charge is 0.325 e. The number of benzene rings is 2. The molecule has 0 atom stereocenters. The number of hydrogen-bond donors (Lipinski definition) is 1. The quantitative estimate of drug-likeness (QED) is 0.714. The third kappa shape index (κ3) is 4.99. The number of urea groups is 1. The molecule has 0 aliphatic carbocycles. The van der Waals surface area contributed by atoms with E-state index in [9.17, 15) is 9.18 Å². The van der Waals surface area contributed by atoms with E-state index in [1.54, 1.807) is 23.4 Å². The molecule has 0 spiro atoms. The number of nitrogens with one attached hydrogen (secondary N) is 1. The molecule has 29 heavy (non-hydrogen) atoms. The zero-order valence-electron chi connectivity index (χ0n) is 16.2. The van der Waals surface area contributed by atoms with Crippen molar-refractivity contribution in [1.82, 2.24) is 19.7 Å². The third-order valence-electron chi connectivity index (χ3n) is 5.34. The minimum atomic E-state index is -0.360. The molecular weight excluding hydrogens is 369 g/mol. The standard InChI is InChI=1S/C22H24FN5O/c23-19-7-4-8-20(14-19)25-22(29)27-11-9-17(10-12-27)13-21-26-24-16-28(21)15-18-5-2-1-3-6-18/h1-8,14,16-17H,9-13,15H2,(H,25,29). The van der Waals surface area contributed by atoms with E-state index in [0.717, 1.165) is 31.6 Å².